The van der Waals surface area contributed by atoms with E-state index in [2.05, 4.69) is 24.1 Å². The van der Waals surface area contributed by atoms with Crippen LogP contribution in [0.5, 0.6) is 0 Å². The van der Waals surface area contributed by atoms with Gasteiger partial charge in [0.25, 0.3) is 6.43 Å². The van der Waals surface area contributed by atoms with E-state index in [0.29, 0.717) is 18.5 Å². The Bertz CT molecular complexity index is 170. The second kappa shape index (κ2) is 7.96. The molecule has 2 nitrogen and oxygen atoms in total. The Labute approximate surface area is 98.4 Å². The molecule has 0 heterocycles. The van der Waals surface area contributed by atoms with E-state index in [1.165, 1.54) is 6.92 Å². The average Bonchev–Trinajstić information content (AvgIpc) is 2.22. The van der Waals surface area contributed by atoms with Crippen molar-refractivity contribution < 1.29 is 8.78 Å². The number of halogens is 2. The fraction of sp³-hybridized carbons (Fsp3) is 1.00. The second-order valence-electron chi connectivity index (χ2n) is 4.64. The summed E-state index contributed by atoms with van der Waals surface area (Å²) in [6.07, 6.45) is -0.113. The minimum atomic E-state index is -2.29. The van der Waals surface area contributed by atoms with Crippen molar-refractivity contribution in [1.29, 1.82) is 0 Å². The molecule has 98 valence electrons. The Morgan fingerprint density at radius 1 is 1.12 bits per heavy atom. The maximum atomic E-state index is 12.4. The third kappa shape index (κ3) is 5.21. The quantitative estimate of drug-likeness (QED) is 0.697. The molecule has 0 saturated heterocycles. The van der Waals surface area contributed by atoms with Gasteiger partial charge in [0.05, 0.1) is 6.04 Å². The standard InChI is InChI=1S/C12H26F2N2/c1-6-10(7-2)11(16(4)5)8-15-9(3)12(13)14/h9-12,15H,6-8H2,1-5H3. The van der Waals surface area contributed by atoms with E-state index in [-0.39, 0.29) is 0 Å². The van der Waals surface area contributed by atoms with E-state index in [4.69, 9.17) is 0 Å². The van der Waals surface area contributed by atoms with Gasteiger partial charge in [-0.05, 0) is 26.9 Å². The van der Waals surface area contributed by atoms with Gasteiger partial charge in [-0.2, -0.15) is 0 Å². The number of alkyl halides is 2. The molecule has 0 radical (unpaired) electrons. The lowest BCUT2D eigenvalue weighted by Gasteiger charge is -2.32. The smallest absolute Gasteiger partial charge is 0.253 e. The molecule has 0 aromatic carbocycles. The van der Waals surface area contributed by atoms with Gasteiger partial charge in [0.1, 0.15) is 0 Å². The van der Waals surface area contributed by atoms with Crippen LogP contribution in [0.4, 0.5) is 8.78 Å². The van der Waals surface area contributed by atoms with E-state index in [9.17, 15) is 8.78 Å². The van der Waals surface area contributed by atoms with Gasteiger partial charge >= 0.3 is 0 Å². The first-order chi connectivity index (χ1) is 7.43. The highest BCUT2D eigenvalue weighted by Gasteiger charge is 2.22. The summed E-state index contributed by atoms with van der Waals surface area (Å²) in [5.41, 5.74) is 0. The van der Waals surface area contributed by atoms with Crippen LogP contribution in [-0.4, -0.2) is 44.0 Å². The largest absolute Gasteiger partial charge is 0.308 e. The summed E-state index contributed by atoms with van der Waals surface area (Å²) in [6.45, 7) is 6.47. The molecule has 0 bridgehead atoms. The number of likely N-dealkylation sites (N-methyl/N-ethyl adjacent to an activating group) is 1. The van der Waals surface area contributed by atoms with Crippen LogP contribution in [-0.2, 0) is 0 Å². The van der Waals surface area contributed by atoms with Crippen molar-refractivity contribution in [2.75, 3.05) is 20.6 Å². The molecule has 4 heteroatoms. The van der Waals surface area contributed by atoms with Gasteiger partial charge in [0.15, 0.2) is 0 Å². The predicted molar refractivity (Wildman–Crippen MR) is 65.0 cm³/mol. The topological polar surface area (TPSA) is 15.3 Å². The van der Waals surface area contributed by atoms with Crippen LogP contribution in [0.1, 0.15) is 33.6 Å². The van der Waals surface area contributed by atoms with Crippen molar-refractivity contribution in [1.82, 2.24) is 10.2 Å². The average molecular weight is 236 g/mol. The highest BCUT2D eigenvalue weighted by molar-refractivity contribution is 4.78. The van der Waals surface area contributed by atoms with Crippen LogP contribution in [0.15, 0.2) is 0 Å². The summed E-state index contributed by atoms with van der Waals surface area (Å²) in [5, 5.41) is 2.92. The molecule has 0 rings (SSSR count). The third-order valence-electron chi connectivity index (χ3n) is 3.28. The zero-order chi connectivity index (χ0) is 12.7. The first kappa shape index (κ1) is 15.8. The summed E-state index contributed by atoms with van der Waals surface area (Å²) in [6, 6.07) is -0.395. The van der Waals surface area contributed by atoms with Gasteiger partial charge in [0.2, 0.25) is 0 Å². The zero-order valence-corrected chi connectivity index (χ0v) is 11.1. The van der Waals surface area contributed by atoms with E-state index in [0.717, 1.165) is 12.8 Å². The van der Waals surface area contributed by atoms with Crippen LogP contribution in [0, 0.1) is 5.92 Å². The molecule has 0 saturated carbocycles. The lowest BCUT2D eigenvalue weighted by atomic mass is 9.93. The van der Waals surface area contributed by atoms with Crippen LogP contribution in [0.25, 0.3) is 0 Å². The zero-order valence-electron chi connectivity index (χ0n) is 11.1. The highest BCUT2D eigenvalue weighted by Crippen LogP contribution is 2.16. The fourth-order valence-corrected chi connectivity index (χ4v) is 2.00. The summed E-state index contributed by atoms with van der Waals surface area (Å²) in [7, 11) is 4.02. The Morgan fingerprint density at radius 3 is 1.94 bits per heavy atom. The molecule has 0 amide bonds. The molecule has 0 aliphatic carbocycles. The van der Waals surface area contributed by atoms with E-state index in [1.807, 2.05) is 14.1 Å². The van der Waals surface area contributed by atoms with Crippen LogP contribution in [0.3, 0.4) is 0 Å². The van der Waals surface area contributed by atoms with Gasteiger partial charge in [0, 0.05) is 12.6 Å². The van der Waals surface area contributed by atoms with Crippen molar-refractivity contribution in [3.05, 3.63) is 0 Å². The Morgan fingerprint density at radius 2 is 1.62 bits per heavy atom. The molecular formula is C12H26F2N2. The van der Waals surface area contributed by atoms with E-state index in [1.54, 1.807) is 0 Å². The van der Waals surface area contributed by atoms with Crippen molar-refractivity contribution in [3.8, 4) is 0 Å². The van der Waals surface area contributed by atoms with Crippen molar-refractivity contribution in [3.63, 3.8) is 0 Å². The van der Waals surface area contributed by atoms with Gasteiger partial charge in [-0.1, -0.05) is 26.7 Å². The number of rotatable bonds is 8. The third-order valence-corrected chi connectivity index (χ3v) is 3.28. The number of nitrogens with one attached hydrogen (secondary N) is 1. The van der Waals surface area contributed by atoms with Crippen molar-refractivity contribution in [2.45, 2.75) is 52.1 Å². The molecule has 1 N–H and O–H groups in total. The normalized spacial score (nSPS) is 16.1. The predicted octanol–water partition coefficient (Wildman–Crippen LogP) is 2.60. The first-order valence-corrected chi connectivity index (χ1v) is 6.11. The summed E-state index contributed by atoms with van der Waals surface area (Å²) in [4.78, 5) is 2.13. The second-order valence-corrected chi connectivity index (χ2v) is 4.64. The molecule has 2 atom stereocenters. The Kier molecular flexibility index (Phi) is 7.85. The minimum Gasteiger partial charge on any atom is -0.308 e. The van der Waals surface area contributed by atoms with Gasteiger partial charge in [-0.3, -0.25) is 0 Å². The minimum absolute atomic E-state index is 0.330. The van der Waals surface area contributed by atoms with E-state index < -0.39 is 12.5 Å². The van der Waals surface area contributed by atoms with Gasteiger partial charge in [-0.25, -0.2) is 8.78 Å². The van der Waals surface area contributed by atoms with Crippen molar-refractivity contribution in [2.24, 2.45) is 5.92 Å². The maximum absolute atomic E-state index is 12.4. The number of hydrogen-bond donors (Lipinski definition) is 1. The number of hydrogen-bond acceptors (Lipinski definition) is 2. The molecule has 0 aliphatic heterocycles. The molecule has 16 heavy (non-hydrogen) atoms. The summed E-state index contributed by atoms with van der Waals surface area (Å²) < 4.78 is 24.7. The molecule has 0 aliphatic rings. The van der Waals surface area contributed by atoms with Gasteiger partial charge < -0.3 is 10.2 Å². The molecular weight excluding hydrogens is 210 g/mol. The van der Waals surface area contributed by atoms with E-state index >= 15 is 0 Å². The summed E-state index contributed by atoms with van der Waals surface area (Å²) in [5.74, 6) is 0.562. The molecule has 0 spiro atoms. The molecule has 2 unspecified atom stereocenters. The first-order valence-electron chi connectivity index (χ1n) is 6.11. The lowest BCUT2D eigenvalue weighted by Crippen LogP contribution is -2.46. The molecule has 0 aromatic heterocycles. The lowest BCUT2D eigenvalue weighted by molar-refractivity contribution is 0.0966. The van der Waals surface area contributed by atoms with Crippen LogP contribution >= 0.6 is 0 Å². The Hall–Kier alpha value is -0.220. The summed E-state index contributed by atoms with van der Waals surface area (Å²) >= 11 is 0. The maximum Gasteiger partial charge on any atom is 0.253 e. The van der Waals surface area contributed by atoms with Gasteiger partial charge in [-0.15, -0.1) is 0 Å². The highest BCUT2D eigenvalue weighted by atomic mass is 19.3. The monoisotopic (exact) mass is 236 g/mol. The van der Waals surface area contributed by atoms with Crippen molar-refractivity contribution >= 4 is 0 Å². The van der Waals surface area contributed by atoms with Crippen LogP contribution in [0.2, 0.25) is 0 Å². The fourth-order valence-electron chi connectivity index (χ4n) is 2.00. The molecule has 0 aromatic rings. The Balaban J connectivity index is 4.23. The number of nitrogens with zero attached hydrogens (tertiary/aromatic N) is 1. The SMILES string of the molecule is CCC(CC)C(CNC(C)C(F)F)N(C)C. The van der Waals surface area contributed by atoms with Crippen LogP contribution < -0.4 is 5.32 Å². The molecule has 0 fully saturated rings.